The second-order valence-corrected chi connectivity index (χ2v) is 7.82. The number of amides is 2. The number of carbonyl (C=O) groups excluding carboxylic acids is 2. The van der Waals surface area contributed by atoms with Gasteiger partial charge in [-0.2, -0.15) is 0 Å². The highest BCUT2D eigenvalue weighted by Gasteiger charge is 2.29. The molecule has 1 saturated heterocycles. The van der Waals surface area contributed by atoms with Crippen molar-refractivity contribution in [1.82, 2.24) is 10.2 Å². The van der Waals surface area contributed by atoms with Gasteiger partial charge >= 0.3 is 0 Å². The third-order valence-corrected chi connectivity index (χ3v) is 5.74. The van der Waals surface area contributed by atoms with Gasteiger partial charge in [-0.3, -0.25) is 9.59 Å². The molecule has 0 unspecified atom stereocenters. The van der Waals surface area contributed by atoms with Crippen LogP contribution in [0.1, 0.15) is 15.9 Å². The van der Waals surface area contributed by atoms with E-state index in [0.29, 0.717) is 42.9 Å². The summed E-state index contributed by atoms with van der Waals surface area (Å²) in [5.41, 5.74) is 2.76. The minimum absolute atomic E-state index is 0.0708. The zero-order valence-corrected chi connectivity index (χ0v) is 17.9. The number of hydrogen-bond donors (Lipinski definition) is 1. The van der Waals surface area contributed by atoms with Crippen molar-refractivity contribution < 1.29 is 18.7 Å². The lowest BCUT2D eigenvalue weighted by molar-refractivity contribution is -0.124. The van der Waals surface area contributed by atoms with Crippen LogP contribution in [-0.2, 0) is 11.2 Å². The third-order valence-electron chi connectivity index (χ3n) is 5.74. The molecule has 0 spiro atoms. The van der Waals surface area contributed by atoms with E-state index in [0.717, 1.165) is 11.1 Å². The number of para-hydroxylation sites is 1. The predicted octanol–water partition coefficient (Wildman–Crippen LogP) is 3.93. The van der Waals surface area contributed by atoms with E-state index in [4.69, 9.17) is 4.74 Å². The summed E-state index contributed by atoms with van der Waals surface area (Å²) < 4.78 is 19.4. The summed E-state index contributed by atoms with van der Waals surface area (Å²) in [5, 5.41) is 2.91. The number of nitrogens with zero attached hydrogens (tertiary/aromatic N) is 1. The van der Waals surface area contributed by atoms with Gasteiger partial charge in [-0.25, -0.2) is 4.39 Å². The summed E-state index contributed by atoms with van der Waals surface area (Å²) in [6.07, 6.45) is 0.485. The summed E-state index contributed by atoms with van der Waals surface area (Å²) in [5.74, 6) is -0.358. The van der Waals surface area contributed by atoms with Crippen LogP contribution in [0.5, 0.6) is 5.75 Å². The molecule has 3 aromatic carbocycles. The van der Waals surface area contributed by atoms with Crippen LogP contribution in [0.2, 0.25) is 0 Å². The molecule has 0 bridgehead atoms. The van der Waals surface area contributed by atoms with Crippen molar-refractivity contribution in [3.05, 3.63) is 89.7 Å². The number of carbonyl (C=O) groups is 2. The van der Waals surface area contributed by atoms with E-state index < -0.39 is 0 Å². The van der Waals surface area contributed by atoms with Crippen LogP contribution in [0.3, 0.4) is 0 Å². The first kappa shape index (κ1) is 21.6. The summed E-state index contributed by atoms with van der Waals surface area (Å²) in [7, 11) is 1.54. The first-order valence-electron chi connectivity index (χ1n) is 10.6. The zero-order valence-electron chi connectivity index (χ0n) is 17.9. The van der Waals surface area contributed by atoms with Crippen LogP contribution in [0.15, 0.2) is 72.8 Å². The third kappa shape index (κ3) is 4.64. The number of methoxy groups -OCH3 is 1. The number of benzene rings is 3. The van der Waals surface area contributed by atoms with Crippen molar-refractivity contribution in [3.8, 4) is 16.9 Å². The number of hydrogen-bond acceptors (Lipinski definition) is 3. The lowest BCUT2D eigenvalue weighted by atomic mass is 9.95. The van der Waals surface area contributed by atoms with Gasteiger partial charge in [-0.05, 0) is 35.7 Å². The Morgan fingerprint density at radius 3 is 2.53 bits per heavy atom. The Balaban J connectivity index is 1.50. The lowest BCUT2D eigenvalue weighted by Crippen LogP contribution is -2.37. The Morgan fingerprint density at radius 1 is 1.06 bits per heavy atom. The molecular weight excluding hydrogens is 407 g/mol. The van der Waals surface area contributed by atoms with E-state index in [-0.39, 0.29) is 23.5 Å². The van der Waals surface area contributed by atoms with Gasteiger partial charge in [0.25, 0.3) is 5.91 Å². The summed E-state index contributed by atoms with van der Waals surface area (Å²) in [6, 6.07) is 21.3. The molecule has 0 radical (unpaired) electrons. The summed E-state index contributed by atoms with van der Waals surface area (Å²) >= 11 is 0. The SMILES string of the molecule is COc1ccccc1C(=O)N1CCNC(=O)[C@H](Cc2ccc(-c3ccccc3F)cc2)C1. The molecule has 4 rings (SSSR count). The smallest absolute Gasteiger partial charge is 0.257 e. The van der Waals surface area contributed by atoms with Crippen LogP contribution in [-0.4, -0.2) is 43.5 Å². The maximum Gasteiger partial charge on any atom is 0.257 e. The Hall–Kier alpha value is -3.67. The molecule has 1 aliphatic heterocycles. The molecule has 1 N–H and O–H groups in total. The molecule has 0 saturated carbocycles. The maximum atomic E-state index is 14.1. The van der Waals surface area contributed by atoms with Gasteiger partial charge in [0.05, 0.1) is 18.6 Å². The van der Waals surface area contributed by atoms with Crippen molar-refractivity contribution in [2.45, 2.75) is 6.42 Å². The molecule has 0 aliphatic carbocycles. The monoisotopic (exact) mass is 432 g/mol. The van der Waals surface area contributed by atoms with Gasteiger partial charge in [0.1, 0.15) is 11.6 Å². The van der Waals surface area contributed by atoms with Gasteiger partial charge in [-0.1, -0.05) is 54.6 Å². The number of nitrogens with one attached hydrogen (secondary N) is 1. The normalized spacial score (nSPS) is 16.2. The zero-order chi connectivity index (χ0) is 22.5. The van der Waals surface area contributed by atoms with Crippen molar-refractivity contribution >= 4 is 11.8 Å². The van der Waals surface area contributed by atoms with Crippen LogP contribution in [0.4, 0.5) is 4.39 Å². The van der Waals surface area contributed by atoms with Crippen LogP contribution in [0, 0.1) is 11.7 Å². The fourth-order valence-electron chi connectivity index (χ4n) is 4.03. The Bertz CT molecular complexity index is 1110. The first-order valence-corrected chi connectivity index (χ1v) is 10.6. The van der Waals surface area contributed by atoms with Gasteiger partial charge in [0, 0.05) is 25.2 Å². The molecule has 5 nitrogen and oxygen atoms in total. The predicted molar refractivity (Wildman–Crippen MR) is 121 cm³/mol. The van der Waals surface area contributed by atoms with E-state index in [1.165, 1.54) is 13.2 Å². The molecule has 3 aromatic rings. The van der Waals surface area contributed by atoms with Crippen molar-refractivity contribution in [2.24, 2.45) is 5.92 Å². The van der Waals surface area contributed by atoms with E-state index in [2.05, 4.69) is 5.32 Å². The van der Waals surface area contributed by atoms with Crippen LogP contribution < -0.4 is 10.1 Å². The number of ether oxygens (including phenoxy) is 1. The molecule has 1 aliphatic rings. The average molecular weight is 432 g/mol. The molecule has 6 heteroatoms. The topological polar surface area (TPSA) is 58.6 Å². The molecule has 1 heterocycles. The number of rotatable bonds is 5. The highest BCUT2D eigenvalue weighted by molar-refractivity contribution is 5.97. The molecule has 32 heavy (non-hydrogen) atoms. The molecule has 1 atom stereocenters. The second-order valence-electron chi connectivity index (χ2n) is 7.82. The van der Waals surface area contributed by atoms with E-state index >= 15 is 0 Å². The first-order chi connectivity index (χ1) is 15.6. The maximum absolute atomic E-state index is 14.1. The lowest BCUT2D eigenvalue weighted by Gasteiger charge is -2.24. The van der Waals surface area contributed by atoms with Crippen LogP contribution >= 0.6 is 0 Å². The fraction of sp³-hybridized carbons (Fsp3) is 0.231. The Morgan fingerprint density at radius 2 is 1.78 bits per heavy atom. The molecule has 1 fully saturated rings. The Labute approximate surface area is 186 Å². The summed E-state index contributed by atoms with van der Waals surface area (Å²) in [4.78, 5) is 27.5. The van der Waals surface area contributed by atoms with E-state index in [9.17, 15) is 14.0 Å². The van der Waals surface area contributed by atoms with Crippen molar-refractivity contribution in [3.63, 3.8) is 0 Å². The van der Waals surface area contributed by atoms with Gasteiger partial charge < -0.3 is 15.0 Å². The van der Waals surface area contributed by atoms with Gasteiger partial charge in [0.2, 0.25) is 5.91 Å². The summed E-state index contributed by atoms with van der Waals surface area (Å²) in [6.45, 7) is 1.16. The standard InChI is InChI=1S/C26H25FN2O3/c1-32-24-9-5-3-7-22(24)26(31)29-15-14-28-25(30)20(17-29)16-18-10-12-19(13-11-18)21-6-2-4-8-23(21)27/h2-13,20H,14-17H2,1H3,(H,28,30)/t20-/m1/s1. The van der Waals surface area contributed by atoms with Crippen LogP contribution in [0.25, 0.3) is 11.1 Å². The minimum Gasteiger partial charge on any atom is -0.496 e. The molecule has 2 amide bonds. The molecular formula is C26H25FN2O3. The minimum atomic E-state index is -0.379. The molecule has 164 valence electrons. The van der Waals surface area contributed by atoms with Gasteiger partial charge in [-0.15, -0.1) is 0 Å². The largest absolute Gasteiger partial charge is 0.496 e. The highest BCUT2D eigenvalue weighted by Crippen LogP contribution is 2.25. The molecule has 0 aromatic heterocycles. The van der Waals surface area contributed by atoms with Crippen molar-refractivity contribution in [1.29, 1.82) is 0 Å². The van der Waals surface area contributed by atoms with E-state index in [1.54, 1.807) is 41.3 Å². The highest BCUT2D eigenvalue weighted by atomic mass is 19.1. The fourth-order valence-corrected chi connectivity index (χ4v) is 4.03. The quantitative estimate of drug-likeness (QED) is 0.665. The van der Waals surface area contributed by atoms with Crippen molar-refractivity contribution in [2.75, 3.05) is 26.7 Å². The van der Waals surface area contributed by atoms with E-state index in [1.807, 2.05) is 30.3 Å². The number of halogens is 1. The Kier molecular flexibility index (Phi) is 6.50. The average Bonchev–Trinajstić information content (AvgIpc) is 3.01. The van der Waals surface area contributed by atoms with Gasteiger partial charge in [0.15, 0.2) is 0 Å². The second kappa shape index (κ2) is 9.64.